The Morgan fingerprint density at radius 3 is 2.40 bits per heavy atom. The molecule has 0 saturated carbocycles. The zero-order valence-corrected chi connectivity index (χ0v) is 6.66. The van der Waals surface area contributed by atoms with Gasteiger partial charge in [0.25, 0.3) is 0 Å². The van der Waals surface area contributed by atoms with Crippen LogP contribution in [-0.4, -0.2) is 25.3 Å². The van der Waals surface area contributed by atoms with Gasteiger partial charge in [-0.05, 0) is 18.6 Å². The third-order valence-electron chi connectivity index (χ3n) is 0.900. The fraction of sp³-hybridized carbons (Fsp3) is 0.375. The first-order chi connectivity index (χ1) is 4.66. The summed E-state index contributed by atoms with van der Waals surface area (Å²) < 4.78 is 0. The van der Waals surface area contributed by atoms with Crippen LogP contribution in [0.15, 0.2) is 23.9 Å². The third kappa shape index (κ3) is 5.09. The molecule has 0 saturated heterocycles. The van der Waals surface area contributed by atoms with Crippen molar-refractivity contribution in [3.8, 4) is 0 Å². The van der Waals surface area contributed by atoms with Crippen LogP contribution in [0.25, 0.3) is 0 Å². The summed E-state index contributed by atoms with van der Waals surface area (Å²) in [6, 6.07) is 0. The largest absolute Gasteiger partial charge is 0.383 e. The SMILES string of the molecule is CC(C=CC=O)=CN(C)C. The Labute approximate surface area is 61.8 Å². The molecule has 0 N–H and O–H groups in total. The molecule has 0 heterocycles. The van der Waals surface area contributed by atoms with Crippen LogP contribution in [0.2, 0.25) is 0 Å². The second-order valence-electron chi connectivity index (χ2n) is 2.33. The van der Waals surface area contributed by atoms with Crippen molar-refractivity contribution >= 4 is 6.29 Å². The Balaban J connectivity index is 3.93. The maximum absolute atomic E-state index is 9.87. The predicted molar refractivity (Wildman–Crippen MR) is 42.6 cm³/mol. The van der Waals surface area contributed by atoms with Crippen LogP contribution in [0.5, 0.6) is 0 Å². The molecule has 0 aliphatic heterocycles. The summed E-state index contributed by atoms with van der Waals surface area (Å²) in [4.78, 5) is 11.8. The van der Waals surface area contributed by atoms with E-state index in [0.29, 0.717) is 0 Å². The van der Waals surface area contributed by atoms with Crippen molar-refractivity contribution in [3.05, 3.63) is 23.9 Å². The average Bonchev–Trinajstić information content (AvgIpc) is 1.82. The predicted octanol–water partition coefficient (Wildman–Crippen LogP) is 1.21. The molecule has 0 amide bonds. The number of carbonyl (C=O) groups is 1. The second kappa shape index (κ2) is 4.79. The van der Waals surface area contributed by atoms with Crippen molar-refractivity contribution in [1.29, 1.82) is 0 Å². The van der Waals surface area contributed by atoms with Crippen molar-refractivity contribution in [1.82, 2.24) is 4.90 Å². The molecule has 0 fully saturated rings. The lowest BCUT2D eigenvalue weighted by molar-refractivity contribution is -0.104. The maximum Gasteiger partial charge on any atom is 0.142 e. The van der Waals surface area contributed by atoms with E-state index in [0.717, 1.165) is 11.9 Å². The summed E-state index contributed by atoms with van der Waals surface area (Å²) in [5, 5.41) is 0. The number of hydrogen-bond donors (Lipinski definition) is 0. The van der Waals surface area contributed by atoms with Crippen LogP contribution in [0.1, 0.15) is 6.92 Å². The lowest BCUT2D eigenvalue weighted by Crippen LogP contribution is -2.01. The lowest BCUT2D eigenvalue weighted by Gasteiger charge is -2.04. The third-order valence-corrected chi connectivity index (χ3v) is 0.900. The summed E-state index contributed by atoms with van der Waals surface area (Å²) in [5.41, 5.74) is 1.07. The molecule has 0 radical (unpaired) electrons. The Bertz CT molecular complexity index is 157. The average molecular weight is 139 g/mol. The molecular formula is C8H13NO. The van der Waals surface area contributed by atoms with Gasteiger partial charge in [0, 0.05) is 20.3 Å². The molecule has 2 heteroatoms. The minimum Gasteiger partial charge on any atom is -0.383 e. The molecule has 0 rings (SSSR count). The highest BCUT2D eigenvalue weighted by Crippen LogP contribution is 1.94. The van der Waals surface area contributed by atoms with Crippen molar-refractivity contribution in [2.24, 2.45) is 0 Å². The molecule has 0 aromatic rings. The smallest absolute Gasteiger partial charge is 0.142 e. The molecule has 0 aliphatic carbocycles. The van der Waals surface area contributed by atoms with E-state index in [1.807, 2.05) is 32.1 Å². The van der Waals surface area contributed by atoms with Crippen LogP contribution in [0, 0.1) is 0 Å². The maximum atomic E-state index is 9.87. The molecule has 10 heavy (non-hydrogen) atoms. The Morgan fingerprint density at radius 2 is 2.00 bits per heavy atom. The number of carbonyl (C=O) groups excluding carboxylic acids is 1. The highest BCUT2D eigenvalue weighted by atomic mass is 16.1. The molecule has 2 nitrogen and oxygen atoms in total. The van der Waals surface area contributed by atoms with Gasteiger partial charge >= 0.3 is 0 Å². The molecule has 0 unspecified atom stereocenters. The van der Waals surface area contributed by atoms with Crippen LogP contribution < -0.4 is 0 Å². The van der Waals surface area contributed by atoms with Gasteiger partial charge in [0.05, 0.1) is 0 Å². The molecule has 0 aromatic heterocycles. The van der Waals surface area contributed by atoms with E-state index in [9.17, 15) is 4.79 Å². The van der Waals surface area contributed by atoms with Gasteiger partial charge in [-0.2, -0.15) is 0 Å². The standard InChI is InChI=1S/C8H13NO/c1-8(5-4-6-10)7-9(2)3/h4-7H,1-3H3. The van der Waals surface area contributed by atoms with Crippen LogP contribution in [-0.2, 0) is 4.79 Å². The van der Waals surface area contributed by atoms with E-state index in [1.165, 1.54) is 6.08 Å². The Hall–Kier alpha value is -1.05. The fourth-order valence-electron chi connectivity index (χ4n) is 0.641. The van der Waals surface area contributed by atoms with Crippen molar-refractivity contribution in [3.63, 3.8) is 0 Å². The highest BCUT2D eigenvalue weighted by molar-refractivity contribution is 5.65. The van der Waals surface area contributed by atoms with Gasteiger partial charge in [-0.1, -0.05) is 6.08 Å². The Kier molecular flexibility index (Phi) is 4.29. The molecule has 56 valence electrons. The summed E-state index contributed by atoms with van der Waals surface area (Å²) in [7, 11) is 3.89. The normalized spacial score (nSPS) is 12.1. The number of nitrogens with zero attached hydrogens (tertiary/aromatic N) is 1. The zero-order chi connectivity index (χ0) is 7.98. The van der Waals surface area contributed by atoms with Gasteiger partial charge in [-0.3, -0.25) is 4.79 Å². The van der Waals surface area contributed by atoms with Crippen molar-refractivity contribution in [2.45, 2.75) is 6.92 Å². The lowest BCUT2D eigenvalue weighted by atomic mass is 10.3. The van der Waals surface area contributed by atoms with E-state index in [2.05, 4.69) is 0 Å². The zero-order valence-electron chi connectivity index (χ0n) is 6.66. The summed E-state index contributed by atoms with van der Waals surface area (Å²) in [6.45, 7) is 1.94. The highest BCUT2D eigenvalue weighted by Gasteiger charge is 1.80. The summed E-state index contributed by atoms with van der Waals surface area (Å²) >= 11 is 0. The topological polar surface area (TPSA) is 20.3 Å². The quantitative estimate of drug-likeness (QED) is 0.333. The van der Waals surface area contributed by atoms with Gasteiger partial charge in [-0.25, -0.2) is 0 Å². The van der Waals surface area contributed by atoms with E-state index in [1.54, 1.807) is 6.08 Å². The summed E-state index contributed by atoms with van der Waals surface area (Å²) in [5.74, 6) is 0. The monoisotopic (exact) mass is 139 g/mol. The number of hydrogen-bond acceptors (Lipinski definition) is 2. The van der Waals surface area contributed by atoms with Crippen molar-refractivity contribution < 1.29 is 4.79 Å². The molecule has 0 aliphatic rings. The van der Waals surface area contributed by atoms with Crippen LogP contribution >= 0.6 is 0 Å². The first-order valence-corrected chi connectivity index (χ1v) is 3.13. The van der Waals surface area contributed by atoms with Gasteiger partial charge in [0.1, 0.15) is 6.29 Å². The van der Waals surface area contributed by atoms with Gasteiger partial charge < -0.3 is 4.90 Å². The van der Waals surface area contributed by atoms with Gasteiger partial charge in [0.15, 0.2) is 0 Å². The van der Waals surface area contributed by atoms with Crippen LogP contribution in [0.3, 0.4) is 0 Å². The minimum absolute atomic E-state index is 0.771. The van der Waals surface area contributed by atoms with Crippen LogP contribution in [0.4, 0.5) is 0 Å². The Morgan fingerprint density at radius 1 is 1.40 bits per heavy atom. The van der Waals surface area contributed by atoms with E-state index in [4.69, 9.17) is 0 Å². The minimum atomic E-state index is 0.771. The molecule has 0 aromatic carbocycles. The molecule has 0 spiro atoms. The fourth-order valence-corrected chi connectivity index (χ4v) is 0.641. The van der Waals surface area contributed by atoms with Gasteiger partial charge in [-0.15, -0.1) is 0 Å². The molecular weight excluding hydrogens is 126 g/mol. The number of aldehydes is 1. The summed E-state index contributed by atoms with van der Waals surface area (Å²) in [6.07, 6.45) is 5.97. The molecule has 0 bridgehead atoms. The van der Waals surface area contributed by atoms with E-state index < -0.39 is 0 Å². The van der Waals surface area contributed by atoms with E-state index in [-0.39, 0.29) is 0 Å². The first kappa shape index (κ1) is 8.95. The van der Waals surface area contributed by atoms with E-state index >= 15 is 0 Å². The number of rotatable bonds is 3. The second-order valence-corrected chi connectivity index (χ2v) is 2.33. The molecule has 0 atom stereocenters. The number of allylic oxidation sites excluding steroid dienone is 3. The van der Waals surface area contributed by atoms with Crippen molar-refractivity contribution in [2.75, 3.05) is 14.1 Å². The first-order valence-electron chi connectivity index (χ1n) is 3.13. The van der Waals surface area contributed by atoms with Gasteiger partial charge in [0.2, 0.25) is 0 Å².